The summed E-state index contributed by atoms with van der Waals surface area (Å²) < 4.78 is 5.05. The van der Waals surface area contributed by atoms with E-state index in [-0.39, 0.29) is 16.9 Å². The number of ether oxygens (including phenoxy) is 1. The van der Waals surface area contributed by atoms with Gasteiger partial charge in [0.2, 0.25) is 5.91 Å². The highest BCUT2D eigenvalue weighted by Gasteiger charge is 2.24. The summed E-state index contributed by atoms with van der Waals surface area (Å²) >= 11 is 1.62. The van der Waals surface area contributed by atoms with E-state index >= 15 is 0 Å². The molecule has 1 amide bonds. The molecule has 108 valence electrons. The number of carbonyl (C=O) groups excluding carboxylic acids is 1. The third-order valence-corrected chi connectivity index (χ3v) is 4.71. The van der Waals surface area contributed by atoms with Crippen LogP contribution in [0.3, 0.4) is 0 Å². The van der Waals surface area contributed by atoms with Gasteiger partial charge in [0, 0.05) is 16.6 Å². The van der Waals surface area contributed by atoms with Crippen molar-refractivity contribution in [2.75, 3.05) is 12.4 Å². The van der Waals surface area contributed by atoms with Crippen molar-refractivity contribution in [2.24, 2.45) is 0 Å². The molecule has 2 aromatic carbocycles. The second-order valence-electron chi connectivity index (χ2n) is 4.79. The number of thioether (sulfide) groups is 1. The second-order valence-corrected chi connectivity index (χ2v) is 6.03. The van der Waals surface area contributed by atoms with Crippen LogP contribution in [0, 0.1) is 0 Å². The molecular formula is C16H15NO3S. The van der Waals surface area contributed by atoms with Gasteiger partial charge in [0.15, 0.2) is 11.5 Å². The van der Waals surface area contributed by atoms with Gasteiger partial charge in [0.25, 0.3) is 0 Å². The molecule has 5 heteroatoms. The number of hydrogen-bond acceptors (Lipinski definition) is 4. The summed E-state index contributed by atoms with van der Waals surface area (Å²) in [4.78, 5) is 13.1. The maximum atomic E-state index is 12.0. The van der Waals surface area contributed by atoms with Crippen molar-refractivity contribution in [3.63, 3.8) is 0 Å². The summed E-state index contributed by atoms with van der Waals surface area (Å²) in [5, 5.41) is 12.8. The highest BCUT2D eigenvalue weighted by atomic mass is 32.2. The summed E-state index contributed by atoms with van der Waals surface area (Å²) in [6, 6.07) is 13.0. The minimum Gasteiger partial charge on any atom is -0.504 e. The highest BCUT2D eigenvalue weighted by Crippen LogP contribution is 2.44. The number of aromatic hydroxyl groups is 1. The maximum Gasteiger partial charge on any atom is 0.225 e. The van der Waals surface area contributed by atoms with Crippen LogP contribution in [0.2, 0.25) is 0 Å². The normalized spacial score (nSPS) is 17.6. The van der Waals surface area contributed by atoms with Crippen molar-refractivity contribution in [2.45, 2.75) is 16.6 Å². The van der Waals surface area contributed by atoms with Gasteiger partial charge in [-0.1, -0.05) is 18.2 Å². The van der Waals surface area contributed by atoms with Crippen molar-refractivity contribution in [1.82, 2.24) is 0 Å². The molecule has 0 radical (unpaired) electrons. The molecule has 2 aromatic rings. The number of hydrogen-bond donors (Lipinski definition) is 2. The number of phenolic OH excluding ortho intramolecular Hbond substituents is 1. The first kappa shape index (κ1) is 13.8. The van der Waals surface area contributed by atoms with Crippen LogP contribution in [-0.4, -0.2) is 18.1 Å². The number of benzene rings is 2. The fourth-order valence-corrected chi connectivity index (χ4v) is 3.56. The number of methoxy groups -OCH3 is 1. The molecule has 0 aliphatic carbocycles. The summed E-state index contributed by atoms with van der Waals surface area (Å²) in [6.07, 6.45) is 0.366. The summed E-state index contributed by atoms with van der Waals surface area (Å²) in [5.41, 5.74) is 1.75. The van der Waals surface area contributed by atoms with Crippen molar-refractivity contribution >= 4 is 23.4 Å². The first-order chi connectivity index (χ1) is 10.2. The van der Waals surface area contributed by atoms with Crippen molar-refractivity contribution in [3.05, 3.63) is 48.0 Å². The van der Waals surface area contributed by atoms with Gasteiger partial charge >= 0.3 is 0 Å². The zero-order valence-electron chi connectivity index (χ0n) is 11.5. The van der Waals surface area contributed by atoms with Crippen molar-refractivity contribution < 1.29 is 14.6 Å². The third-order valence-electron chi connectivity index (χ3n) is 3.38. The predicted octanol–water partition coefficient (Wildman–Crippen LogP) is 3.58. The molecule has 0 aromatic heterocycles. The van der Waals surface area contributed by atoms with Gasteiger partial charge in [-0.25, -0.2) is 0 Å². The fourth-order valence-electron chi connectivity index (χ4n) is 2.33. The molecule has 3 rings (SSSR count). The van der Waals surface area contributed by atoms with E-state index in [2.05, 4.69) is 5.32 Å². The number of anilines is 1. The molecule has 0 fully saturated rings. The second kappa shape index (κ2) is 5.69. The fraction of sp³-hybridized carbons (Fsp3) is 0.188. The molecule has 1 aliphatic heterocycles. The molecule has 0 saturated heterocycles. The van der Waals surface area contributed by atoms with Crippen LogP contribution >= 0.6 is 11.8 Å². The van der Waals surface area contributed by atoms with Crippen LogP contribution in [0.25, 0.3) is 0 Å². The number of fused-ring (bicyclic) bond motifs is 1. The molecule has 1 aliphatic rings. The van der Waals surface area contributed by atoms with Gasteiger partial charge in [-0.05, 0) is 29.8 Å². The zero-order valence-corrected chi connectivity index (χ0v) is 12.3. The van der Waals surface area contributed by atoms with Crippen molar-refractivity contribution in [3.8, 4) is 11.5 Å². The van der Waals surface area contributed by atoms with E-state index in [1.54, 1.807) is 23.9 Å². The van der Waals surface area contributed by atoms with E-state index in [1.807, 2.05) is 30.3 Å². The van der Waals surface area contributed by atoms with Gasteiger partial charge in [-0.2, -0.15) is 0 Å². The van der Waals surface area contributed by atoms with Crippen LogP contribution in [0.5, 0.6) is 11.5 Å². The first-order valence-electron chi connectivity index (χ1n) is 6.60. The molecule has 1 atom stereocenters. The zero-order chi connectivity index (χ0) is 14.8. The minimum atomic E-state index is -0.0366. The summed E-state index contributed by atoms with van der Waals surface area (Å²) in [7, 11) is 1.51. The Morgan fingerprint density at radius 3 is 2.86 bits per heavy atom. The molecule has 2 N–H and O–H groups in total. The van der Waals surface area contributed by atoms with E-state index in [0.29, 0.717) is 12.2 Å². The van der Waals surface area contributed by atoms with Crippen LogP contribution < -0.4 is 10.1 Å². The van der Waals surface area contributed by atoms with Crippen LogP contribution in [-0.2, 0) is 4.79 Å². The lowest BCUT2D eigenvalue weighted by molar-refractivity contribution is -0.116. The molecule has 4 nitrogen and oxygen atoms in total. The number of amides is 1. The lowest BCUT2D eigenvalue weighted by Crippen LogP contribution is -2.11. The Bertz CT molecular complexity index is 687. The maximum absolute atomic E-state index is 12.0. The van der Waals surface area contributed by atoms with Gasteiger partial charge < -0.3 is 15.2 Å². The first-order valence-corrected chi connectivity index (χ1v) is 7.48. The van der Waals surface area contributed by atoms with E-state index in [9.17, 15) is 9.90 Å². The van der Waals surface area contributed by atoms with Gasteiger partial charge in [0.1, 0.15) is 0 Å². The van der Waals surface area contributed by atoms with Crippen LogP contribution in [0.1, 0.15) is 17.2 Å². The number of rotatable bonds is 2. The Balaban J connectivity index is 1.95. The number of nitrogens with one attached hydrogen (secondary N) is 1. The highest BCUT2D eigenvalue weighted by molar-refractivity contribution is 7.99. The van der Waals surface area contributed by atoms with Crippen LogP contribution in [0.4, 0.5) is 5.69 Å². The van der Waals surface area contributed by atoms with E-state index < -0.39 is 0 Å². The lowest BCUT2D eigenvalue weighted by Gasteiger charge is -2.14. The number of carbonyl (C=O) groups is 1. The van der Waals surface area contributed by atoms with Gasteiger partial charge in [-0.15, -0.1) is 11.8 Å². The Morgan fingerprint density at radius 1 is 1.29 bits per heavy atom. The van der Waals surface area contributed by atoms with E-state index in [4.69, 9.17) is 4.74 Å². The van der Waals surface area contributed by atoms with E-state index in [1.165, 1.54) is 7.11 Å². The molecule has 1 heterocycles. The minimum absolute atomic E-state index is 0.0206. The summed E-state index contributed by atoms with van der Waals surface area (Å²) in [6.45, 7) is 0. The van der Waals surface area contributed by atoms with Gasteiger partial charge in [0.05, 0.1) is 12.8 Å². The lowest BCUT2D eigenvalue weighted by atomic mass is 10.1. The Kier molecular flexibility index (Phi) is 3.75. The number of para-hydroxylation sites is 1. The predicted molar refractivity (Wildman–Crippen MR) is 82.9 cm³/mol. The molecule has 0 spiro atoms. The topological polar surface area (TPSA) is 58.6 Å². The quantitative estimate of drug-likeness (QED) is 0.890. The molecular weight excluding hydrogens is 286 g/mol. The summed E-state index contributed by atoms with van der Waals surface area (Å²) in [5.74, 6) is 0.503. The van der Waals surface area contributed by atoms with Gasteiger partial charge in [-0.3, -0.25) is 4.79 Å². The molecule has 21 heavy (non-hydrogen) atoms. The molecule has 0 bridgehead atoms. The standard InChI is InChI=1S/C16H15NO3S/c1-20-13-7-6-10(8-12(13)18)15-9-16(19)17-11-4-2-3-5-14(11)21-15/h2-8,15,18H,9H2,1H3,(H,17,19). The third kappa shape index (κ3) is 2.83. The molecule has 0 saturated carbocycles. The van der Waals surface area contributed by atoms with Crippen molar-refractivity contribution in [1.29, 1.82) is 0 Å². The largest absolute Gasteiger partial charge is 0.504 e. The number of phenols is 1. The SMILES string of the molecule is COc1ccc(C2CC(=O)Nc3ccccc3S2)cc1O. The smallest absolute Gasteiger partial charge is 0.225 e. The monoisotopic (exact) mass is 301 g/mol. The Hall–Kier alpha value is -2.14. The Labute approximate surface area is 127 Å². The average Bonchev–Trinajstić information content (AvgIpc) is 2.65. The van der Waals surface area contributed by atoms with E-state index in [0.717, 1.165) is 16.1 Å². The van der Waals surface area contributed by atoms with Crippen LogP contribution in [0.15, 0.2) is 47.4 Å². The molecule has 1 unspecified atom stereocenters. The Morgan fingerprint density at radius 2 is 2.10 bits per heavy atom. The average molecular weight is 301 g/mol.